The molecular formula is C15H20O4. The Labute approximate surface area is 112 Å². The maximum absolute atomic E-state index is 12.3. The zero-order chi connectivity index (χ0) is 13.4. The molecule has 1 saturated carbocycles. The van der Waals surface area contributed by atoms with Gasteiger partial charge in [-0.1, -0.05) is 19.1 Å². The van der Waals surface area contributed by atoms with Gasteiger partial charge in [-0.2, -0.15) is 0 Å². The van der Waals surface area contributed by atoms with Gasteiger partial charge in [-0.05, 0) is 25.2 Å². The molecule has 2 aliphatic carbocycles. The molecule has 3 fully saturated rings. The zero-order valence-corrected chi connectivity index (χ0v) is 11.0. The highest BCUT2D eigenvalue weighted by Gasteiger charge is 2.70. The van der Waals surface area contributed by atoms with E-state index in [1.54, 1.807) is 0 Å². The summed E-state index contributed by atoms with van der Waals surface area (Å²) in [6.07, 6.45) is 4.40. The van der Waals surface area contributed by atoms with Gasteiger partial charge in [0.05, 0.1) is 24.2 Å². The van der Waals surface area contributed by atoms with Crippen LogP contribution in [0.2, 0.25) is 0 Å². The molecule has 2 heterocycles. The van der Waals surface area contributed by atoms with Crippen LogP contribution in [0.15, 0.2) is 12.2 Å². The van der Waals surface area contributed by atoms with Crippen molar-refractivity contribution in [1.82, 2.24) is 0 Å². The Kier molecular flexibility index (Phi) is 2.34. The number of aliphatic hydroxyl groups is 2. The van der Waals surface area contributed by atoms with Crippen molar-refractivity contribution >= 4 is 5.78 Å². The molecular weight excluding hydrogens is 244 g/mol. The minimum Gasteiger partial charge on any atom is -0.393 e. The number of allylic oxidation sites excluding steroid dienone is 1. The summed E-state index contributed by atoms with van der Waals surface area (Å²) < 4.78 is 6.04. The first kappa shape index (κ1) is 12.1. The largest absolute Gasteiger partial charge is 0.393 e. The fourth-order valence-corrected chi connectivity index (χ4v) is 5.24. The Morgan fingerprint density at radius 1 is 1.42 bits per heavy atom. The molecule has 0 radical (unpaired) electrons. The predicted octanol–water partition coefficient (Wildman–Crippen LogP) is 0.667. The van der Waals surface area contributed by atoms with Gasteiger partial charge in [0.2, 0.25) is 0 Å². The van der Waals surface area contributed by atoms with Crippen LogP contribution in [-0.2, 0) is 9.53 Å². The molecule has 2 bridgehead atoms. The van der Waals surface area contributed by atoms with Crippen molar-refractivity contribution in [2.75, 3.05) is 0 Å². The summed E-state index contributed by atoms with van der Waals surface area (Å²) in [5.41, 5.74) is -0.134. The van der Waals surface area contributed by atoms with Crippen molar-refractivity contribution in [3.63, 3.8) is 0 Å². The number of hydrogen-bond donors (Lipinski definition) is 2. The summed E-state index contributed by atoms with van der Waals surface area (Å²) in [7, 11) is 0. The lowest BCUT2D eigenvalue weighted by molar-refractivity contribution is -0.161. The van der Waals surface area contributed by atoms with E-state index in [-0.39, 0.29) is 29.1 Å². The standard InChI is InChI=1S/C15H20O4/c1-7-3-2-4-8-11(17)12(18)13-10-9(16)5-6-15(7,10)14(8)19-13/h2,4,7-10,12-14,16,18H,3,5-6H2,1H3/t7-,8?,9+,10-,12-,13+,14-,15-/m1/s1. The summed E-state index contributed by atoms with van der Waals surface area (Å²) >= 11 is 0. The van der Waals surface area contributed by atoms with Crippen LogP contribution in [0.1, 0.15) is 26.2 Å². The number of rotatable bonds is 0. The van der Waals surface area contributed by atoms with E-state index < -0.39 is 18.3 Å². The lowest BCUT2D eigenvalue weighted by Crippen LogP contribution is -2.49. The van der Waals surface area contributed by atoms with E-state index in [1.807, 2.05) is 6.08 Å². The van der Waals surface area contributed by atoms with Crippen LogP contribution in [0.25, 0.3) is 0 Å². The summed E-state index contributed by atoms with van der Waals surface area (Å²) in [5, 5.41) is 20.6. The molecule has 2 aliphatic heterocycles. The molecule has 0 aromatic heterocycles. The van der Waals surface area contributed by atoms with E-state index in [0.717, 1.165) is 19.3 Å². The molecule has 8 atom stereocenters. The average Bonchev–Trinajstić information content (AvgIpc) is 2.84. The van der Waals surface area contributed by atoms with Gasteiger partial charge in [0.25, 0.3) is 0 Å². The Hall–Kier alpha value is -0.710. The van der Waals surface area contributed by atoms with E-state index in [9.17, 15) is 15.0 Å². The van der Waals surface area contributed by atoms with Gasteiger partial charge in [0.15, 0.2) is 5.78 Å². The van der Waals surface area contributed by atoms with E-state index in [2.05, 4.69) is 13.0 Å². The first-order chi connectivity index (χ1) is 9.07. The van der Waals surface area contributed by atoms with Crippen LogP contribution in [0, 0.1) is 23.2 Å². The number of carbonyl (C=O) groups excluding carboxylic acids is 1. The highest BCUT2D eigenvalue weighted by molar-refractivity contribution is 5.89. The molecule has 4 nitrogen and oxygen atoms in total. The third-order valence-corrected chi connectivity index (χ3v) is 6.10. The van der Waals surface area contributed by atoms with Gasteiger partial charge in [-0.15, -0.1) is 0 Å². The van der Waals surface area contributed by atoms with Gasteiger partial charge in [0, 0.05) is 11.3 Å². The fourth-order valence-electron chi connectivity index (χ4n) is 5.24. The highest BCUT2D eigenvalue weighted by atomic mass is 16.5. The number of hydrogen-bond acceptors (Lipinski definition) is 4. The van der Waals surface area contributed by atoms with Gasteiger partial charge >= 0.3 is 0 Å². The molecule has 0 aromatic rings. The molecule has 1 unspecified atom stereocenters. The quantitative estimate of drug-likeness (QED) is 0.631. The fraction of sp³-hybridized carbons (Fsp3) is 0.800. The van der Waals surface area contributed by atoms with Crippen molar-refractivity contribution in [2.45, 2.75) is 50.6 Å². The van der Waals surface area contributed by atoms with Crippen LogP contribution < -0.4 is 0 Å². The minimum atomic E-state index is -1.07. The number of carbonyl (C=O) groups is 1. The first-order valence-electron chi connectivity index (χ1n) is 7.29. The van der Waals surface area contributed by atoms with Crippen LogP contribution in [-0.4, -0.2) is 40.4 Å². The SMILES string of the molecule is C[C@@H]1CC=CC2C(=O)[C@@H](O)[C@H]3O[C@H]2[C@]12CC[C@H](O)[C@H]32. The number of ether oxygens (including phenoxy) is 1. The van der Waals surface area contributed by atoms with Gasteiger partial charge < -0.3 is 14.9 Å². The molecule has 4 heteroatoms. The summed E-state index contributed by atoms with van der Waals surface area (Å²) in [4.78, 5) is 12.3. The molecule has 0 aromatic carbocycles. The van der Waals surface area contributed by atoms with Gasteiger partial charge in [0.1, 0.15) is 6.10 Å². The number of Topliss-reactive ketones (excluding diaryl/α,β-unsaturated/α-hetero) is 1. The lowest BCUT2D eigenvalue weighted by atomic mass is 9.64. The molecule has 4 aliphatic rings. The molecule has 104 valence electrons. The second-order valence-corrected chi connectivity index (χ2v) is 6.70. The van der Waals surface area contributed by atoms with Crippen molar-refractivity contribution in [1.29, 1.82) is 0 Å². The normalized spacial score (nSPS) is 59.1. The molecule has 0 amide bonds. The Morgan fingerprint density at radius 3 is 3.00 bits per heavy atom. The van der Waals surface area contributed by atoms with Crippen LogP contribution in [0.5, 0.6) is 0 Å². The van der Waals surface area contributed by atoms with Gasteiger partial charge in [-0.3, -0.25) is 4.79 Å². The van der Waals surface area contributed by atoms with Crippen molar-refractivity contribution < 1.29 is 19.7 Å². The predicted molar refractivity (Wildman–Crippen MR) is 67.2 cm³/mol. The van der Waals surface area contributed by atoms with E-state index in [4.69, 9.17) is 4.74 Å². The third kappa shape index (κ3) is 1.23. The maximum Gasteiger partial charge on any atom is 0.173 e. The number of ketones is 1. The van der Waals surface area contributed by atoms with E-state index in [0.29, 0.717) is 5.92 Å². The van der Waals surface area contributed by atoms with Gasteiger partial charge in [-0.25, -0.2) is 0 Å². The lowest BCUT2D eigenvalue weighted by Gasteiger charge is -2.39. The summed E-state index contributed by atoms with van der Waals surface area (Å²) in [5.74, 6) is -0.153. The average molecular weight is 264 g/mol. The smallest absolute Gasteiger partial charge is 0.173 e. The zero-order valence-electron chi connectivity index (χ0n) is 11.0. The van der Waals surface area contributed by atoms with Crippen molar-refractivity contribution in [2.24, 2.45) is 23.2 Å². The second kappa shape index (κ2) is 3.68. The summed E-state index contributed by atoms with van der Waals surface area (Å²) in [6.45, 7) is 2.19. The molecule has 2 N–H and O–H groups in total. The van der Waals surface area contributed by atoms with Crippen LogP contribution in [0.4, 0.5) is 0 Å². The Bertz CT molecular complexity index is 459. The van der Waals surface area contributed by atoms with Crippen molar-refractivity contribution in [3.05, 3.63) is 12.2 Å². The molecule has 2 saturated heterocycles. The monoisotopic (exact) mass is 264 g/mol. The van der Waals surface area contributed by atoms with E-state index >= 15 is 0 Å². The first-order valence-corrected chi connectivity index (χ1v) is 7.29. The number of aliphatic hydroxyl groups excluding tert-OH is 2. The van der Waals surface area contributed by atoms with E-state index in [1.165, 1.54) is 0 Å². The van der Waals surface area contributed by atoms with Crippen LogP contribution in [0.3, 0.4) is 0 Å². The summed E-state index contributed by atoms with van der Waals surface area (Å²) in [6, 6.07) is 0. The third-order valence-electron chi connectivity index (χ3n) is 6.10. The van der Waals surface area contributed by atoms with Crippen LogP contribution >= 0.6 is 0 Å². The molecule has 1 spiro atoms. The highest BCUT2D eigenvalue weighted by Crippen LogP contribution is 2.64. The minimum absolute atomic E-state index is 0.0867. The Morgan fingerprint density at radius 2 is 2.21 bits per heavy atom. The topological polar surface area (TPSA) is 66.8 Å². The molecule has 4 rings (SSSR count). The number of fused-ring (bicyclic) bond motifs is 2. The molecule has 19 heavy (non-hydrogen) atoms. The maximum atomic E-state index is 12.3. The Balaban J connectivity index is 1.90. The second-order valence-electron chi connectivity index (χ2n) is 6.70. The van der Waals surface area contributed by atoms with Crippen molar-refractivity contribution in [3.8, 4) is 0 Å².